The van der Waals surface area contributed by atoms with Gasteiger partial charge in [-0.05, 0) is 45.1 Å². The van der Waals surface area contributed by atoms with Crippen molar-refractivity contribution in [3.63, 3.8) is 0 Å². The van der Waals surface area contributed by atoms with E-state index in [4.69, 9.17) is 17.0 Å². The van der Waals surface area contributed by atoms with Gasteiger partial charge in [-0.2, -0.15) is 0 Å². The lowest BCUT2D eigenvalue weighted by atomic mass is 10.2. The van der Waals surface area contributed by atoms with Gasteiger partial charge >= 0.3 is 6.09 Å². The normalized spacial score (nSPS) is 10.8. The highest BCUT2D eigenvalue weighted by Crippen LogP contribution is 2.17. The summed E-state index contributed by atoms with van der Waals surface area (Å²) in [5.74, 6) is -1.48. The van der Waals surface area contributed by atoms with Gasteiger partial charge in [0.05, 0.1) is 0 Å². The molecular formula is C14H19F2N3O2S. The molecule has 0 saturated heterocycles. The molecule has 22 heavy (non-hydrogen) atoms. The van der Waals surface area contributed by atoms with E-state index in [-0.39, 0.29) is 23.9 Å². The number of hydrogen-bond acceptors (Lipinski definition) is 3. The Morgan fingerprint density at radius 3 is 2.27 bits per heavy atom. The van der Waals surface area contributed by atoms with Crippen LogP contribution in [0.3, 0.4) is 0 Å². The van der Waals surface area contributed by atoms with Crippen molar-refractivity contribution in [2.24, 2.45) is 0 Å². The standard InChI is InChI=1S/C14H19F2N3O2S/c1-14(2,3)21-13(20)18-8-7-17-12(22)19-11-9(15)5-4-6-10(11)16/h4-6H,7-8H2,1-3H3,(H,18,20)(H2,17,19,22). The summed E-state index contributed by atoms with van der Waals surface area (Å²) in [5.41, 5.74) is -0.892. The fourth-order valence-corrected chi connectivity index (χ4v) is 1.63. The number of alkyl carbamates (subject to hydrolysis) is 1. The Morgan fingerprint density at radius 2 is 1.73 bits per heavy atom. The third-order valence-electron chi connectivity index (χ3n) is 2.28. The Bertz CT molecular complexity index is 527. The number of hydrogen-bond donors (Lipinski definition) is 3. The van der Waals surface area contributed by atoms with Gasteiger partial charge in [-0.1, -0.05) is 6.07 Å². The molecule has 3 N–H and O–H groups in total. The lowest BCUT2D eigenvalue weighted by molar-refractivity contribution is 0.0529. The van der Waals surface area contributed by atoms with E-state index in [2.05, 4.69) is 16.0 Å². The number of carbonyl (C=O) groups excluding carboxylic acids is 1. The first-order chi connectivity index (χ1) is 10.2. The van der Waals surface area contributed by atoms with Crippen molar-refractivity contribution in [3.8, 4) is 0 Å². The van der Waals surface area contributed by atoms with Crippen molar-refractivity contribution in [2.75, 3.05) is 18.4 Å². The first kappa shape index (κ1) is 18.1. The monoisotopic (exact) mass is 331 g/mol. The first-order valence-corrected chi connectivity index (χ1v) is 7.05. The van der Waals surface area contributed by atoms with Crippen molar-refractivity contribution in [1.82, 2.24) is 10.6 Å². The Kier molecular flexibility index (Phi) is 6.48. The largest absolute Gasteiger partial charge is 0.444 e. The number of anilines is 1. The molecule has 0 spiro atoms. The molecule has 0 radical (unpaired) electrons. The second kappa shape index (κ2) is 7.88. The van der Waals surface area contributed by atoms with E-state index in [0.717, 1.165) is 12.1 Å². The van der Waals surface area contributed by atoms with Gasteiger partial charge in [0.15, 0.2) is 5.11 Å². The number of amides is 1. The number of thiocarbonyl (C=S) groups is 1. The average molecular weight is 331 g/mol. The topological polar surface area (TPSA) is 62.4 Å². The molecule has 0 aliphatic rings. The van der Waals surface area contributed by atoms with Gasteiger partial charge in [0.1, 0.15) is 22.9 Å². The van der Waals surface area contributed by atoms with Crippen LogP contribution in [0.4, 0.5) is 19.3 Å². The Morgan fingerprint density at radius 1 is 1.18 bits per heavy atom. The molecule has 0 bridgehead atoms. The van der Waals surface area contributed by atoms with E-state index in [1.165, 1.54) is 6.07 Å². The molecule has 5 nitrogen and oxygen atoms in total. The van der Waals surface area contributed by atoms with E-state index in [1.807, 2.05) is 0 Å². The summed E-state index contributed by atoms with van der Waals surface area (Å²) in [7, 11) is 0. The third kappa shape index (κ3) is 6.66. The number of para-hydroxylation sites is 1. The van der Waals surface area contributed by atoms with Crippen LogP contribution in [0.15, 0.2) is 18.2 Å². The van der Waals surface area contributed by atoms with Crippen LogP contribution in [0.5, 0.6) is 0 Å². The molecule has 0 fully saturated rings. The van der Waals surface area contributed by atoms with Gasteiger partial charge in [-0.3, -0.25) is 0 Å². The van der Waals surface area contributed by atoms with Crippen molar-refractivity contribution in [3.05, 3.63) is 29.8 Å². The molecule has 0 aliphatic carbocycles. The quantitative estimate of drug-likeness (QED) is 0.585. The zero-order valence-corrected chi connectivity index (χ0v) is 13.4. The minimum atomic E-state index is -0.740. The fourth-order valence-electron chi connectivity index (χ4n) is 1.43. The lowest BCUT2D eigenvalue weighted by Gasteiger charge is -2.19. The Labute approximate surface area is 133 Å². The van der Waals surface area contributed by atoms with E-state index >= 15 is 0 Å². The van der Waals surface area contributed by atoms with Crippen LogP contribution in [-0.2, 0) is 4.74 Å². The average Bonchev–Trinajstić information content (AvgIpc) is 2.37. The number of rotatable bonds is 4. The highest BCUT2D eigenvalue weighted by molar-refractivity contribution is 7.80. The van der Waals surface area contributed by atoms with Gasteiger partial charge in [0, 0.05) is 13.1 Å². The molecule has 1 aromatic carbocycles. The maximum Gasteiger partial charge on any atom is 0.407 e. The Hall–Kier alpha value is -1.96. The molecule has 122 valence electrons. The van der Waals surface area contributed by atoms with Crippen LogP contribution >= 0.6 is 12.2 Å². The second-order valence-electron chi connectivity index (χ2n) is 5.41. The van der Waals surface area contributed by atoms with Crippen molar-refractivity contribution < 1.29 is 18.3 Å². The summed E-state index contributed by atoms with van der Waals surface area (Å²) in [4.78, 5) is 11.4. The van der Waals surface area contributed by atoms with Gasteiger partial charge in [0.25, 0.3) is 0 Å². The summed E-state index contributed by atoms with van der Waals surface area (Å²) in [6, 6.07) is 3.51. The maximum atomic E-state index is 13.4. The van der Waals surface area contributed by atoms with Crippen LogP contribution < -0.4 is 16.0 Å². The summed E-state index contributed by atoms with van der Waals surface area (Å²) in [5, 5.41) is 7.72. The second-order valence-corrected chi connectivity index (χ2v) is 5.81. The highest BCUT2D eigenvalue weighted by Gasteiger charge is 2.15. The van der Waals surface area contributed by atoms with Crippen LogP contribution in [0.25, 0.3) is 0 Å². The molecule has 0 atom stereocenters. The maximum absolute atomic E-state index is 13.4. The lowest BCUT2D eigenvalue weighted by Crippen LogP contribution is -2.39. The third-order valence-corrected chi connectivity index (χ3v) is 2.53. The summed E-state index contributed by atoms with van der Waals surface area (Å²) >= 11 is 4.92. The van der Waals surface area contributed by atoms with E-state index in [9.17, 15) is 13.6 Å². The van der Waals surface area contributed by atoms with Crippen LogP contribution in [0.1, 0.15) is 20.8 Å². The summed E-state index contributed by atoms with van der Waals surface area (Å²) in [6.45, 7) is 5.80. The van der Waals surface area contributed by atoms with E-state index < -0.39 is 23.3 Å². The number of halogens is 2. The van der Waals surface area contributed by atoms with Crippen molar-refractivity contribution in [1.29, 1.82) is 0 Å². The molecule has 1 amide bonds. The molecule has 8 heteroatoms. The molecule has 1 rings (SSSR count). The first-order valence-electron chi connectivity index (χ1n) is 6.65. The van der Waals surface area contributed by atoms with E-state index in [1.54, 1.807) is 20.8 Å². The molecule has 0 heterocycles. The summed E-state index contributed by atoms with van der Waals surface area (Å²) in [6.07, 6.45) is -0.548. The molecule has 0 unspecified atom stereocenters. The van der Waals surface area contributed by atoms with Gasteiger partial charge in [0.2, 0.25) is 0 Å². The Balaban J connectivity index is 2.31. The van der Waals surface area contributed by atoms with Gasteiger partial charge in [-0.25, -0.2) is 13.6 Å². The summed E-state index contributed by atoms with van der Waals surface area (Å²) < 4.78 is 31.8. The zero-order chi connectivity index (χ0) is 16.8. The minimum absolute atomic E-state index is 0.0509. The highest BCUT2D eigenvalue weighted by atomic mass is 32.1. The number of ether oxygens (including phenoxy) is 1. The fraction of sp³-hybridized carbons (Fsp3) is 0.429. The predicted molar refractivity (Wildman–Crippen MR) is 84.8 cm³/mol. The van der Waals surface area contributed by atoms with Crippen LogP contribution in [0, 0.1) is 11.6 Å². The number of nitrogens with one attached hydrogen (secondary N) is 3. The van der Waals surface area contributed by atoms with Crippen LogP contribution in [-0.4, -0.2) is 29.9 Å². The predicted octanol–water partition coefficient (Wildman–Crippen LogP) is 2.78. The van der Waals surface area contributed by atoms with Crippen molar-refractivity contribution >= 4 is 29.1 Å². The molecule has 1 aromatic rings. The zero-order valence-electron chi connectivity index (χ0n) is 12.6. The molecule has 0 saturated carbocycles. The number of benzene rings is 1. The van der Waals surface area contributed by atoms with Crippen molar-refractivity contribution in [2.45, 2.75) is 26.4 Å². The van der Waals surface area contributed by atoms with Gasteiger partial charge < -0.3 is 20.7 Å². The van der Waals surface area contributed by atoms with E-state index in [0.29, 0.717) is 0 Å². The minimum Gasteiger partial charge on any atom is -0.444 e. The molecule has 0 aromatic heterocycles. The molecule has 0 aliphatic heterocycles. The SMILES string of the molecule is CC(C)(C)OC(=O)NCCNC(=S)Nc1c(F)cccc1F. The smallest absolute Gasteiger partial charge is 0.407 e. The number of carbonyl (C=O) groups is 1. The van der Waals surface area contributed by atoms with Gasteiger partial charge in [-0.15, -0.1) is 0 Å². The van der Waals surface area contributed by atoms with Crippen LogP contribution in [0.2, 0.25) is 0 Å². The molecular weight excluding hydrogens is 312 g/mol.